The largest absolute Gasteiger partial charge is 0.329 e. The fourth-order valence-electron chi connectivity index (χ4n) is 2.97. The van der Waals surface area contributed by atoms with Crippen LogP contribution >= 0.6 is 0 Å². The van der Waals surface area contributed by atoms with Crippen LogP contribution in [0.4, 0.5) is 8.78 Å². The van der Waals surface area contributed by atoms with Gasteiger partial charge in [-0.1, -0.05) is 13.8 Å². The number of benzene rings is 1. The summed E-state index contributed by atoms with van der Waals surface area (Å²) in [4.78, 5) is 4.46. The average Bonchev–Trinajstić information content (AvgIpc) is 2.77. The molecule has 0 aliphatic carbocycles. The van der Waals surface area contributed by atoms with Crippen molar-refractivity contribution in [1.29, 1.82) is 0 Å². The lowest BCUT2D eigenvalue weighted by Gasteiger charge is -2.27. The molecule has 5 heteroatoms. The van der Waals surface area contributed by atoms with Gasteiger partial charge in [0.15, 0.2) is 0 Å². The number of hydrogen-bond acceptors (Lipinski definition) is 3. The van der Waals surface area contributed by atoms with Gasteiger partial charge in [-0.05, 0) is 24.7 Å². The van der Waals surface area contributed by atoms with Crippen LogP contribution < -0.4 is 5.73 Å². The van der Waals surface area contributed by atoms with Crippen molar-refractivity contribution in [1.82, 2.24) is 9.80 Å². The fourth-order valence-corrected chi connectivity index (χ4v) is 2.97. The van der Waals surface area contributed by atoms with E-state index >= 15 is 0 Å². The molecule has 2 rings (SSSR count). The first-order chi connectivity index (χ1) is 9.60. The maximum Gasteiger partial charge on any atom is 0.131 e. The molecule has 1 aromatic rings. The van der Waals surface area contributed by atoms with Gasteiger partial charge in [0.25, 0.3) is 0 Å². The molecule has 1 heterocycles. The number of likely N-dealkylation sites (N-methyl/N-ethyl adjacent to an activating group) is 1. The summed E-state index contributed by atoms with van der Waals surface area (Å²) >= 11 is 0. The molecule has 0 aromatic heterocycles. The monoisotopic (exact) mass is 283 g/mol. The Morgan fingerprint density at radius 2 is 2.00 bits per heavy atom. The smallest absolute Gasteiger partial charge is 0.131 e. The SMILES string of the molecule is CCN(CC)CCN1Cc2cc(F)cc(F)c2C1CN. The summed E-state index contributed by atoms with van der Waals surface area (Å²) in [5.74, 6) is -0.983. The second kappa shape index (κ2) is 6.61. The fraction of sp³-hybridized carbons (Fsp3) is 0.600. The molecule has 0 saturated heterocycles. The van der Waals surface area contributed by atoms with Gasteiger partial charge in [-0.3, -0.25) is 4.90 Å². The quantitative estimate of drug-likeness (QED) is 0.868. The van der Waals surface area contributed by atoms with Gasteiger partial charge in [0.05, 0.1) is 6.04 Å². The van der Waals surface area contributed by atoms with E-state index in [9.17, 15) is 8.78 Å². The summed E-state index contributed by atoms with van der Waals surface area (Å²) in [5.41, 5.74) is 7.11. The second-order valence-electron chi connectivity index (χ2n) is 5.21. The van der Waals surface area contributed by atoms with Gasteiger partial charge < -0.3 is 10.6 Å². The van der Waals surface area contributed by atoms with E-state index < -0.39 is 11.6 Å². The maximum absolute atomic E-state index is 14.0. The maximum atomic E-state index is 14.0. The Morgan fingerprint density at radius 1 is 1.30 bits per heavy atom. The molecule has 1 unspecified atom stereocenters. The molecular formula is C15H23F2N3. The highest BCUT2D eigenvalue weighted by molar-refractivity contribution is 5.36. The Morgan fingerprint density at radius 3 is 2.60 bits per heavy atom. The highest BCUT2D eigenvalue weighted by Gasteiger charge is 2.32. The van der Waals surface area contributed by atoms with Crippen LogP contribution in [-0.2, 0) is 6.54 Å². The summed E-state index contributed by atoms with van der Waals surface area (Å²) in [6.45, 7) is 8.90. The number of nitrogens with two attached hydrogens (primary N) is 1. The van der Waals surface area contributed by atoms with Crippen molar-refractivity contribution >= 4 is 0 Å². The lowest BCUT2D eigenvalue weighted by Crippen LogP contribution is -2.36. The number of rotatable bonds is 6. The van der Waals surface area contributed by atoms with Crippen LogP contribution in [-0.4, -0.2) is 42.5 Å². The summed E-state index contributed by atoms with van der Waals surface area (Å²) < 4.78 is 27.3. The zero-order valence-corrected chi connectivity index (χ0v) is 12.2. The van der Waals surface area contributed by atoms with E-state index in [2.05, 4.69) is 23.6 Å². The zero-order chi connectivity index (χ0) is 14.7. The molecule has 1 aliphatic rings. The minimum atomic E-state index is -0.511. The van der Waals surface area contributed by atoms with Crippen LogP contribution in [0.3, 0.4) is 0 Å². The first kappa shape index (κ1) is 15.4. The van der Waals surface area contributed by atoms with E-state index in [0.717, 1.165) is 37.8 Å². The summed E-state index contributed by atoms with van der Waals surface area (Å²) in [6, 6.07) is 2.24. The minimum Gasteiger partial charge on any atom is -0.329 e. The molecule has 0 spiro atoms. The first-order valence-electron chi connectivity index (χ1n) is 7.24. The normalized spacial score (nSPS) is 18.8. The van der Waals surface area contributed by atoms with E-state index in [0.29, 0.717) is 18.7 Å². The number of hydrogen-bond donors (Lipinski definition) is 1. The molecule has 0 radical (unpaired) electrons. The average molecular weight is 283 g/mol. The van der Waals surface area contributed by atoms with E-state index in [1.54, 1.807) is 0 Å². The Kier molecular flexibility index (Phi) is 5.07. The van der Waals surface area contributed by atoms with Crippen molar-refractivity contribution in [2.24, 2.45) is 5.73 Å². The van der Waals surface area contributed by atoms with Crippen molar-refractivity contribution < 1.29 is 8.78 Å². The third kappa shape index (κ3) is 3.00. The van der Waals surface area contributed by atoms with Crippen LogP contribution in [0.15, 0.2) is 12.1 Å². The number of nitrogens with zero attached hydrogens (tertiary/aromatic N) is 2. The molecule has 0 amide bonds. The zero-order valence-electron chi connectivity index (χ0n) is 12.2. The van der Waals surface area contributed by atoms with Crippen molar-refractivity contribution in [3.63, 3.8) is 0 Å². The van der Waals surface area contributed by atoms with Crippen LogP contribution in [0.1, 0.15) is 31.0 Å². The van der Waals surface area contributed by atoms with Gasteiger partial charge in [-0.2, -0.15) is 0 Å². The molecule has 1 atom stereocenters. The van der Waals surface area contributed by atoms with Crippen LogP contribution in [0.2, 0.25) is 0 Å². The van der Waals surface area contributed by atoms with E-state index in [1.807, 2.05) is 0 Å². The lowest BCUT2D eigenvalue weighted by molar-refractivity contribution is 0.178. The molecule has 0 fully saturated rings. The summed E-state index contributed by atoms with van der Waals surface area (Å²) in [7, 11) is 0. The van der Waals surface area contributed by atoms with E-state index in [4.69, 9.17) is 5.73 Å². The molecule has 0 saturated carbocycles. The molecule has 1 aliphatic heterocycles. The highest BCUT2D eigenvalue weighted by Crippen LogP contribution is 2.35. The molecule has 0 bridgehead atoms. The topological polar surface area (TPSA) is 32.5 Å². The van der Waals surface area contributed by atoms with Gasteiger partial charge >= 0.3 is 0 Å². The first-order valence-corrected chi connectivity index (χ1v) is 7.24. The second-order valence-corrected chi connectivity index (χ2v) is 5.21. The lowest BCUT2D eigenvalue weighted by atomic mass is 10.0. The molecule has 20 heavy (non-hydrogen) atoms. The van der Waals surface area contributed by atoms with Crippen LogP contribution in [0.5, 0.6) is 0 Å². The van der Waals surface area contributed by atoms with Gasteiger partial charge in [-0.25, -0.2) is 8.78 Å². The predicted octanol–water partition coefficient (Wildman–Crippen LogP) is 2.12. The Bertz CT molecular complexity index is 461. The Balaban J connectivity index is 2.12. The molecule has 1 aromatic carbocycles. The highest BCUT2D eigenvalue weighted by atomic mass is 19.1. The predicted molar refractivity (Wildman–Crippen MR) is 76.4 cm³/mol. The van der Waals surface area contributed by atoms with E-state index in [1.165, 1.54) is 6.07 Å². The standard InChI is InChI=1S/C15H23F2N3/c1-3-19(4-2)5-6-20-10-11-7-12(16)8-13(17)15(11)14(20)9-18/h7-8,14H,3-6,9-10,18H2,1-2H3. The van der Waals surface area contributed by atoms with Gasteiger partial charge in [0, 0.05) is 37.8 Å². The molecule has 3 nitrogen and oxygen atoms in total. The number of halogens is 2. The molecular weight excluding hydrogens is 260 g/mol. The van der Waals surface area contributed by atoms with Gasteiger partial charge in [-0.15, -0.1) is 0 Å². The van der Waals surface area contributed by atoms with E-state index in [-0.39, 0.29) is 6.04 Å². The summed E-state index contributed by atoms with van der Waals surface area (Å²) in [6.07, 6.45) is 0. The Labute approximate surface area is 119 Å². The van der Waals surface area contributed by atoms with Gasteiger partial charge in [0.1, 0.15) is 11.6 Å². The summed E-state index contributed by atoms with van der Waals surface area (Å²) in [5, 5.41) is 0. The molecule has 2 N–H and O–H groups in total. The third-order valence-corrected chi connectivity index (χ3v) is 4.15. The Hall–Kier alpha value is -1.04. The van der Waals surface area contributed by atoms with Crippen LogP contribution in [0, 0.1) is 11.6 Å². The molecule has 112 valence electrons. The van der Waals surface area contributed by atoms with Crippen LogP contribution in [0.25, 0.3) is 0 Å². The van der Waals surface area contributed by atoms with Crippen molar-refractivity contribution in [3.05, 3.63) is 34.9 Å². The minimum absolute atomic E-state index is 0.138. The van der Waals surface area contributed by atoms with Crippen molar-refractivity contribution in [3.8, 4) is 0 Å². The van der Waals surface area contributed by atoms with Gasteiger partial charge in [0.2, 0.25) is 0 Å². The van der Waals surface area contributed by atoms with Crippen molar-refractivity contribution in [2.75, 3.05) is 32.7 Å². The number of fused-ring (bicyclic) bond motifs is 1. The third-order valence-electron chi connectivity index (χ3n) is 4.15. The van der Waals surface area contributed by atoms with Crippen molar-refractivity contribution in [2.45, 2.75) is 26.4 Å².